The maximum Gasteiger partial charge on any atom is 0.308 e. The molecular weight excluding hydrogens is 175 g/mol. The summed E-state index contributed by atoms with van der Waals surface area (Å²) in [5.74, 6) is 0. The third-order valence-corrected chi connectivity index (χ3v) is 1.53. The molecule has 0 radical (unpaired) electrons. The predicted molar refractivity (Wildman–Crippen MR) is 40.9 cm³/mol. The molecule has 1 heterocycles. The fourth-order valence-corrected chi connectivity index (χ4v) is 0.887. The summed E-state index contributed by atoms with van der Waals surface area (Å²) in [7, 11) is 1.49. The first-order chi connectivity index (χ1) is 4.74. The van der Waals surface area contributed by atoms with Crippen molar-refractivity contribution in [1.29, 1.82) is 0 Å². The highest BCUT2D eigenvalue weighted by molar-refractivity contribution is 6.31. The molecule has 0 aromatic heterocycles. The molecule has 0 unspecified atom stereocenters. The van der Waals surface area contributed by atoms with E-state index in [1.54, 1.807) is 6.08 Å². The van der Waals surface area contributed by atoms with Gasteiger partial charge in [-0.3, -0.25) is 0 Å². The minimum atomic E-state index is 0.328. The van der Waals surface area contributed by atoms with Gasteiger partial charge in [0.2, 0.25) is 0 Å². The number of aliphatic imine (C=N–C) groups is 1. The summed E-state index contributed by atoms with van der Waals surface area (Å²) in [6.07, 6.45) is 1.69. The highest BCUT2D eigenvalue weighted by atomic mass is 35.5. The van der Waals surface area contributed by atoms with Crippen LogP contribution in [0.5, 0.6) is 0 Å². The molecular formula is C5H6Cl2N2O. The molecule has 0 aromatic carbocycles. The van der Waals surface area contributed by atoms with E-state index in [9.17, 15) is 0 Å². The molecule has 0 N–H and O–H groups in total. The Kier molecular flexibility index (Phi) is 2.40. The van der Waals surface area contributed by atoms with Crippen LogP contribution in [0.2, 0.25) is 0 Å². The first-order valence-electron chi connectivity index (χ1n) is 2.65. The maximum absolute atomic E-state index is 5.62. The molecule has 0 aromatic rings. The van der Waals surface area contributed by atoms with Gasteiger partial charge in [-0.15, -0.1) is 0 Å². The topological polar surface area (TPSA) is 24.8 Å². The standard InChI is InChI=1S/C5H6Cl2N2O/c1-10-5-8-4(6)2-3-9(5)7/h2H,3H2,1H3. The first-order valence-corrected chi connectivity index (χ1v) is 3.37. The Labute approximate surface area is 69.0 Å². The molecule has 0 bridgehead atoms. The Morgan fingerprint density at radius 3 is 3.00 bits per heavy atom. The summed E-state index contributed by atoms with van der Waals surface area (Å²) < 4.78 is 6.13. The number of amidine groups is 1. The van der Waals surface area contributed by atoms with E-state index in [0.717, 1.165) is 0 Å². The van der Waals surface area contributed by atoms with Crippen LogP contribution in [0.15, 0.2) is 16.2 Å². The monoisotopic (exact) mass is 180 g/mol. The molecule has 1 aliphatic heterocycles. The number of halogens is 2. The minimum Gasteiger partial charge on any atom is -0.467 e. The van der Waals surface area contributed by atoms with E-state index in [1.807, 2.05) is 0 Å². The lowest BCUT2D eigenvalue weighted by Crippen LogP contribution is -2.25. The first kappa shape index (κ1) is 7.69. The van der Waals surface area contributed by atoms with E-state index in [0.29, 0.717) is 17.7 Å². The second-order valence-electron chi connectivity index (χ2n) is 1.67. The van der Waals surface area contributed by atoms with Crippen LogP contribution in [0.1, 0.15) is 0 Å². The maximum atomic E-state index is 5.62. The van der Waals surface area contributed by atoms with Crippen molar-refractivity contribution in [3.05, 3.63) is 11.2 Å². The summed E-state index contributed by atoms with van der Waals surface area (Å²) in [5, 5.41) is 0.411. The SMILES string of the molecule is COC1=NC(Cl)=CCN1Cl. The van der Waals surface area contributed by atoms with E-state index in [1.165, 1.54) is 11.5 Å². The molecule has 56 valence electrons. The summed E-state index contributed by atoms with van der Waals surface area (Å²) in [6, 6.07) is 0.328. The van der Waals surface area contributed by atoms with Gasteiger partial charge in [0.25, 0.3) is 0 Å². The van der Waals surface area contributed by atoms with Gasteiger partial charge in [-0.1, -0.05) is 11.6 Å². The molecule has 5 heteroatoms. The number of ether oxygens (including phenoxy) is 1. The molecule has 0 spiro atoms. The Balaban J connectivity index is 2.73. The van der Waals surface area contributed by atoms with Crippen molar-refractivity contribution in [3.8, 4) is 0 Å². The van der Waals surface area contributed by atoms with Crippen molar-refractivity contribution in [2.24, 2.45) is 4.99 Å². The molecule has 0 amide bonds. The van der Waals surface area contributed by atoms with E-state index in [4.69, 9.17) is 28.1 Å². The van der Waals surface area contributed by atoms with Gasteiger partial charge in [-0.25, -0.2) is 4.42 Å². The second kappa shape index (κ2) is 3.12. The van der Waals surface area contributed by atoms with Gasteiger partial charge in [0.05, 0.1) is 13.7 Å². The lowest BCUT2D eigenvalue weighted by atomic mass is 10.5. The normalized spacial score (nSPS) is 18.1. The van der Waals surface area contributed by atoms with E-state index in [2.05, 4.69) is 4.99 Å². The predicted octanol–water partition coefficient (Wildman–Crippen LogP) is 1.54. The minimum absolute atomic E-state index is 0.328. The average Bonchev–Trinajstić information content (AvgIpc) is 1.94. The van der Waals surface area contributed by atoms with Crippen molar-refractivity contribution in [2.45, 2.75) is 0 Å². The summed E-state index contributed by atoms with van der Waals surface area (Å²) in [6.45, 7) is 0.521. The van der Waals surface area contributed by atoms with Crippen LogP contribution in [-0.2, 0) is 4.74 Å². The summed E-state index contributed by atoms with van der Waals surface area (Å²) >= 11 is 11.2. The number of rotatable bonds is 0. The van der Waals surface area contributed by atoms with Crippen LogP contribution in [0, 0.1) is 0 Å². The lowest BCUT2D eigenvalue weighted by molar-refractivity contribution is 0.349. The van der Waals surface area contributed by atoms with Crippen molar-refractivity contribution < 1.29 is 4.74 Å². The molecule has 0 saturated heterocycles. The van der Waals surface area contributed by atoms with E-state index < -0.39 is 0 Å². The van der Waals surface area contributed by atoms with Gasteiger partial charge >= 0.3 is 6.02 Å². The lowest BCUT2D eigenvalue weighted by Gasteiger charge is -2.17. The molecule has 0 fully saturated rings. The highest BCUT2D eigenvalue weighted by Crippen LogP contribution is 2.13. The third-order valence-electron chi connectivity index (χ3n) is 1.01. The van der Waals surface area contributed by atoms with Gasteiger partial charge in [0, 0.05) is 11.8 Å². The Morgan fingerprint density at radius 2 is 2.50 bits per heavy atom. The number of hydrogen-bond acceptors (Lipinski definition) is 3. The van der Waals surface area contributed by atoms with Crippen LogP contribution >= 0.6 is 23.4 Å². The number of hydrogen-bond donors (Lipinski definition) is 0. The zero-order chi connectivity index (χ0) is 7.56. The van der Waals surface area contributed by atoms with Gasteiger partial charge in [-0.05, 0) is 6.08 Å². The van der Waals surface area contributed by atoms with Gasteiger partial charge in [-0.2, -0.15) is 4.99 Å². The zero-order valence-electron chi connectivity index (χ0n) is 5.34. The fourth-order valence-electron chi connectivity index (χ4n) is 0.570. The highest BCUT2D eigenvalue weighted by Gasteiger charge is 2.12. The Bertz CT molecular complexity index is 190. The van der Waals surface area contributed by atoms with Gasteiger partial charge in [0.1, 0.15) is 5.16 Å². The summed E-state index contributed by atoms with van der Waals surface area (Å²) in [4.78, 5) is 3.80. The zero-order valence-corrected chi connectivity index (χ0v) is 6.85. The van der Waals surface area contributed by atoms with E-state index >= 15 is 0 Å². The average molecular weight is 181 g/mol. The smallest absolute Gasteiger partial charge is 0.308 e. The molecule has 1 rings (SSSR count). The molecule has 0 atom stereocenters. The summed E-state index contributed by atoms with van der Waals surface area (Å²) in [5.41, 5.74) is 0. The Hall–Kier alpha value is -0.410. The van der Waals surface area contributed by atoms with Crippen molar-refractivity contribution >= 4 is 29.4 Å². The van der Waals surface area contributed by atoms with Crippen molar-refractivity contribution in [1.82, 2.24) is 4.42 Å². The quantitative estimate of drug-likeness (QED) is 0.418. The number of nitrogens with zero attached hydrogens (tertiary/aromatic N) is 2. The van der Waals surface area contributed by atoms with E-state index in [-0.39, 0.29) is 0 Å². The molecule has 10 heavy (non-hydrogen) atoms. The van der Waals surface area contributed by atoms with Crippen LogP contribution < -0.4 is 0 Å². The van der Waals surface area contributed by atoms with Gasteiger partial charge < -0.3 is 4.74 Å². The molecule has 3 nitrogen and oxygen atoms in total. The Morgan fingerprint density at radius 1 is 1.80 bits per heavy atom. The van der Waals surface area contributed by atoms with Crippen molar-refractivity contribution in [3.63, 3.8) is 0 Å². The largest absolute Gasteiger partial charge is 0.467 e. The van der Waals surface area contributed by atoms with Crippen LogP contribution in [-0.4, -0.2) is 24.1 Å². The van der Waals surface area contributed by atoms with Crippen LogP contribution in [0.4, 0.5) is 0 Å². The fraction of sp³-hybridized carbons (Fsp3) is 0.400. The van der Waals surface area contributed by atoms with Gasteiger partial charge in [0.15, 0.2) is 0 Å². The molecule has 1 aliphatic rings. The molecule has 0 aliphatic carbocycles. The van der Waals surface area contributed by atoms with Crippen molar-refractivity contribution in [2.75, 3.05) is 13.7 Å². The van der Waals surface area contributed by atoms with Crippen LogP contribution in [0.25, 0.3) is 0 Å². The third kappa shape index (κ3) is 1.55. The second-order valence-corrected chi connectivity index (χ2v) is 2.47. The molecule has 0 saturated carbocycles. The van der Waals surface area contributed by atoms with Crippen LogP contribution in [0.3, 0.4) is 0 Å². The number of methoxy groups -OCH3 is 1.